The van der Waals surface area contributed by atoms with Crippen molar-refractivity contribution < 1.29 is 4.79 Å². The molecule has 0 aliphatic heterocycles. The zero-order valence-electron chi connectivity index (χ0n) is 13.9. The maximum Gasteiger partial charge on any atom is 0.236 e. The molecule has 7 nitrogen and oxygen atoms in total. The predicted molar refractivity (Wildman–Crippen MR) is 102 cm³/mol. The van der Waals surface area contributed by atoms with Gasteiger partial charge in [-0.25, -0.2) is 4.98 Å². The monoisotopic (exact) mass is 408 g/mol. The van der Waals surface area contributed by atoms with Gasteiger partial charge < -0.3 is 5.32 Å². The molecule has 0 radical (unpaired) electrons. The van der Waals surface area contributed by atoms with E-state index in [-0.39, 0.29) is 22.5 Å². The van der Waals surface area contributed by atoms with Crippen molar-refractivity contribution in [3.63, 3.8) is 0 Å². The SMILES string of the molecule is Cc1cc(C)cc(-n2nnnc2SCC(=O)Nc2ncc(Cl)cc2Cl)c1. The number of hydrogen-bond donors (Lipinski definition) is 1. The number of benzene rings is 1. The largest absolute Gasteiger partial charge is 0.309 e. The highest BCUT2D eigenvalue weighted by atomic mass is 35.5. The number of tetrazole rings is 1. The number of pyridine rings is 1. The number of aromatic nitrogens is 5. The van der Waals surface area contributed by atoms with Gasteiger partial charge in [-0.1, -0.05) is 41.0 Å². The summed E-state index contributed by atoms with van der Waals surface area (Å²) in [4.78, 5) is 16.2. The van der Waals surface area contributed by atoms with E-state index in [9.17, 15) is 4.79 Å². The van der Waals surface area contributed by atoms with Crippen molar-refractivity contribution in [2.45, 2.75) is 19.0 Å². The quantitative estimate of drug-likeness (QED) is 0.647. The second-order valence-corrected chi connectivity index (χ2v) is 7.33. The Morgan fingerprint density at radius 1 is 1.19 bits per heavy atom. The van der Waals surface area contributed by atoms with Crippen LogP contribution in [-0.4, -0.2) is 36.9 Å². The molecule has 0 aliphatic rings. The van der Waals surface area contributed by atoms with Crippen LogP contribution in [0.15, 0.2) is 35.6 Å². The minimum atomic E-state index is -0.276. The minimum Gasteiger partial charge on any atom is -0.309 e. The molecule has 0 saturated carbocycles. The lowest BCUT2D eigenvalue weighted by Gasteiger charge is -2.08. The van der Waals surface area contributed by atoms with Gasteiger partial charge in [0.25, 0.3) is 0 Å². The minimum absolute atomic E-state index is 0.103. The summed E-state index contributed by atoms with van der Waals surface area (Å²) in [6, 6.07) is 7.53. The van der Waals surface area contributed by atoms with E-state index in [1.807, 2.05) is 26.0 Å². The third-order valence-corrected chi connectivity index (χ3v) is 4.70. The first-order chi connectivity index (χ1) is 12.4. The number of thioether (sulfide) groups is 1. The lowest BCUT2D eigenvalue weighted by atomic mass is 10.1. The third kappa shape index (κ3) is 4.51. The van der Waals surface area contributed by atoms with Crippen LogP contribution in [0, 0.1) is 13.8 Å². The van der Waals surface area contributed by atoms with Crippen LogP contribution in [0.5, 0.6) is 0 Å². The summed E-state index contributed by atoms with van der Waals surface area (Å²) in [7, 11) is 0. The van der Waals surface area contributed by atoms with Gasteiger partial charge in [-0.15, -0.1) is 5.10 Å². The number of nitrogens with zero attached hydrogens (tertiary/aromatic N) is 5. The van der Waals surface area contributed by atoms with Crippen LogP contribution in [0.3, 0.4) is 0 Å². The normalized spacial score (nSPS) is 10.8. The fourth-order valence-corrected chi connectivity index (χ4v) is 3.43. The number of carbonyl (C=O) groups excluding carboxylic acids is 1. The van der Waals surface area contributed by atoms with E-state index in [4.69, 9.17) is 23.2 Å². The van der Waals surface area contributed by atoms with Gasteiger partial charge in [0.1, 0.15) is 0 Å². The molecule has 1 aromatic carbocycles. The standard InChI is InChI=1S/C16H14Cl2N6OS/c1-9-3-10(2)5-12(4-9)24-16(21-22-23-24)26-8-14(25)20-15-13(18)6-11(17)7-19-15/h3-7H,8H2,1-2H3,(H,19,20,25). The van der Waals surface area contributed by atoms with Crippen molar-refractivity contribution in [3.05, 3.63) is 51.6 Å². The smallest absolute Gasteiger partial charge is 0.236 e. The van der Waals surface area contributed by atoms with Crippen molar-refractivity contribution in [2.75, 3.05) is 11.1 Å². The van der Waals surface area contributed by atoms with Crippen LogP contribution in [0.25, 0.3) is 5.69 Å². The second-order valence-electron chi connectivity index (χ2n) is 5.54. The summed E-state index contributed by atoms with van der Waals surface area (Å²) in [5.74, 6) is 0.0866. The summed E-state index contributed by atoms with van der Waals surface area (Å²) in [5.41, 5.74) is 3.05. The first-order valence-electron chi connectivity index (χ1n) is 7.53. The van der Waals surface area contributed by atoms with Gasteiger partial charge in [0.2, 0.25) is 11.1 Å². The number of rotatable bonds is 5. The lowest BCUT2D eigenvalue weighted by Crippen LogP contribution is -2.16. The van der Waals surface area contributed by atoms with Gasteiger partial charge in [-0.2, -0.15) is 4.68 Å². The maximum absolute atomic E-state index is 12.2. The molecular formula is C16H14Cl2N6OS. The van der Waals surface area contributed by atoms with E-state index < -0.39 is 0 Å². The molecule has 0 fully saturated rings. The van der Waals surface area contributed by atoms with E-state index in [1.165, 1.54) is 24.0 Å². The Kier molecular flexibility index (Phi) is 5.75. The fourth-order valence-electron chi connectivity index (χ4n) is 2.31. The number of hydrogen-bond acceptors (Lipinski definition) is 6. The van der Waals surface area contributed by atoms with Gasteiger partial charge in [0.15, 0.2) is 5.82 Å². The molecule has 0 aliphatic carbocycles. The average molecular weight is 409 g/mol. The number of carbonyl (C=O) groups is 1. The van der Waals surface area contributed by atoms with Gasteiger partial charge in [0, 0.05) is 6.20 Å². The number of nitrogens with one attached hydrogen (secondary N) is 1. The molecule has 0 atom stereocenters. The van der Waals surface area contributed by atoms with E-state index in [0.29, 0.717) is 10.2 Å². The summed E-state index contributed by atoms with van der Waals surface area (Å²) in [6.45, 7) is 4.01. The number of halogens is 2. The highest BCUT2D eigenvalue weighted by molar-refractivity contribution is 7.99. The van der Waals surface area contributed by atoms with E-state index in [0.717, 1.165) is 16.8 Å². The summed E-state index contributed by atoms with van der Waals surface area (Å²) in [5, 5.41) is 15.5. The van der Waals surface area contributed by atoms with Crippen molar-refractivity contribution in [3.8, 4) is 5.69 Å². The van der Waals surface area contributed by atoms with Crippen LogP contribution < -0.4 is 5.32 Å². The highest BCUT2D eigenvalue weighted by Crippen LogP contribution is 2.24. The Morgan fingerprint density at radius 3 is 2.62 bits per heavy atom. The zero-order chi connectivity index (χ0) is 18.7. The lowest BCUT2D eigenvalue weighted by molar-refractivity contribution is -0.113. The average Bonchev–Trinajstić information content (AvgIpc) is 3.03. The molecule has 0 saturated heterocycles. The molecule has 2 aromatic heterocycles. The molecule has 1 amide bonds. The van der Waals surface area contributed by atoms with Crippen molar-refractivity contribution in [2.24, 2.45) is 0 Å². The third-order valence-electron chi connectivity index (χ3n) is 3.29. The first-order valence-corrected chi connectivity index (χ1v) is 9.27. The van der Waals surface area contributed by atoms with Gasteiger partial charge in [-0.05, 0) is 53.6 Å². The molecule has 10 heteroatoms. The Balaban J connectivity index is 1.69. The van der Waals surface area contributed by atoms with E-state index in [1.54, 1.807) is 4.68 Å². The van der Waals surface area contributed by atoms with E-state index in [2.05, 4.69) is 31.9 Å². The predicted octanol–water partition coefficient (Wildman–Crippen LogP) is 3.71. The maximum atomic E-state index is 12.2. The molecule has 0 spiro atoms. The van der Waals surface area contributed by atoms with Crippen LogP contribution in [0.2, 0.25) is 10.0 Å². The molecule has 3 rings (SSSR count). The zero-order valence-corrected chi connectivity index (χ0v) is 16.2. The van der Waals surface area contributed by atoms with Crippen molar-refractivity contribution >= 4 is 46.7 Å². The summed E-state index contributed by atoms with van der Waals surface area (Å²) in [6.07, 6.45) is 1.41. The Morgan fingerprint density at radius 2 is 1.92 bits per heavy atom. The number of amides is 1. The van der Waals surface area contributed by atoms with Crippen LogP contribution in [0.1, 0.15) is 11.1 Å². The van der Waals surface area contributed by atoms with E-state index >= 15 is 0 Å². The molecule has 134 valence electrons. The topological polar surface area (TPSA) is 85.6 Å². The van der Waals surface area contributed by atoms with Crippen LogP contribution in [0.4, 0.5) is 5.82 Å². The Hall–Kier alpha value is -2.16. The summed E-state index contributed by atoms with van der Waals surface area (Å²) < 4.78 is 1.60. The second kappa shape index (κ2) is 8.03. The molecule has 26 heavy (non-hydrogen) atoms. The fraction of sp³-hybridized carbons (Fsp3) is 0.188. The first kappa shape index (κ1) is 18.6. The molecule has 1 N–H and O–H groups in total. The number of aryl methyl sites for hydroxylation is 2. The van der Waals surface area contributed by atoms with Crippen LogP contribution >= 0.6 is 35.0 Å². The number of anilines is 1. The Labute approximate surface area is 164 Å². The molecule has 0 unspecified atom stereocenters. The van der Waals surface area contributed by atoms with Crippen molar-refractivity contribution in [1.29, 1.82) is 0 Å². The van der Waals surface area contributed by atoms with Crippen molar-refractivity contribution in [1.82, 2.24) is 25.2 Å². The molecule has 3 aromatic rings. The summed E-state index contributed by atoms with van der Waals surface area (Å²) >= 11 is 13.0. The van der Waals surface area contributed by atoms with Gasteiger partial charge in [0.05, 0.1) is 21.5 Å². The highest BCUT2D eigenvalue weighted by Gasteiger charge is 2.13. The van der Waals surface area contributed by atoms with Gasteiger partial charge >= 0.3 is 0 Å². The molecule has 2 heterocycles. The van der Waals surface area contributed by atoms with Gasteiger partial charge in [-0.3, -0.25) is 4.79 Å². The molecular weight excluding hydrogens is 395 g/mol. The van der Waals surface area contributed by atoms with Crippen LogP contribution in [-0.2, 0) is 4.79 Å². The Bertz CT molecular complexity index is 941. The molecule has 0 bridgehead atoms.